The summed E-state index contributed by atoms with van der Waals surface area (Å²) >= 11 is 1.43. The molecule has 3 aromatic rings. The van der Waals surface area contributed by atoms with Crippen LogP contribution in [-0.4, -0.2) is 43.9 Å². The molecule has 2 aromatic carbocycles. The molecule has 1 N–H and O–H groups in total. The molecule has 0 aliphatic carbocycles. The monoisotopic (exact) mass is 421 g/mol. The van der Waals surface area contributed by atoms with Gasteiger partial charge in [0.05, 0.1) is 11.8 Å². The summed E-state index contributed by atoms with van der Waals surface area (Å²) in [5, 5.41) is 12.4. The van der Waals surface area contributed by atoms with E-state index in [4.69, 9.17) is 0 Å². The van der Waals surface area contributed by atoms with Crippen LogP contribution in [0.5, 0.6) is 0 Å². The van der Waals surface area contributed by atoms with Crippen LogP contribution < -0.4 is 5.32 Å². The Kier molecular flexibility index (Phi) is 6.50. The number of aromatic nitrogens is 3. The number of carbonyl (C=O) groups is 1. The lowest BCUT2D eigenvalue weighted by molar-refractivity contribution is -0.115. The molecule has 6 nitrogen and oxygen atoms in total. The van der Waals surface area contributed by atoms with Crippen LogP contribution in [0.3, 0.4) is 0 Å². The van der Waals surface area contributed by atoms with Gasteiger partial charge in [-0.05, 0) is 69.6 Å². The van der Waals surface area contributed by atoms with Gasteiger partial charge in [0, 0.05) is 11.4 Å². The number of amides is 1. The fraction of sp³-hybridized carbons (Fsp3) is 0.348. The van der Waals surface area contributed by atoms with E-state index in [2.05, 4.69) is 37.1 Å². The molecule has 30 heavy (non-hydrogen) atoms. The molecule has 7 heteroatoms. The number of hydrogen-bond donors (Lipinski definition) is 1. The third-order valence-electron chi connectivity index (χ3n) is 5.22. The molecule has 0 spiro atoms. The predicted molar refractivity (Wildman–Crippen MR) is 121 cm³/mol. The van der Waals surface area contributed by atoms with Gasteiger partial charge in [0.2, 0.25) is 5.91 Å². The number of hydrogen-bond acceptors (Lipinski definition) is 5. The fourth-order valence-corrected chi connectivity index (χ4v) is 4.52. The Labute approximate surface area is 181 Å². The van der Waals surface area contributed by atoms with Crippen molar-refractivity contribution in [1.29, 1.82) is 0 Å². The summed E-state index contributed by atoms with van der Waals surface area (Å²) in [6, 6.07) is 18.0. The summed E-state index contributed by atoms with van der Waals surface area (Å²) in [5.74, 6) is 0.867. The van der Waals surface area contributed by atoms with Crippen LogP contribution in [0.25, 0.3) is 5.69 Å². The fourth-order valence-electron chi connectivity index (χ4n) is 3.63. The number of nitrogens with zero attached hydrogens (tertiary/aromatic N) is 4. The van der Waals surface area contributed by atoms with Crippen LogP contribution in [0.2, 0.25) is 0 Å². The van der Waals surface area contributed by atoms with Crippen molar-refractivity contribution in [2.75, 3.05) is 18.4 Å². The SMILES string of the molecule is Cc1cccc(NC(=O)C(C)Sc2nnc(CN3CCCC3)n2-c2ccccc2)c1. The maximum atomic E-state index is 12.8. The van der Waals surface area contributed by atoms with E-state index in [9.17, 15) is 4.79 Å². The summed E-state index contributed by atoms with van der Waals surface area (Å²) in [4.78, 5) is 15.2. The molecule has 4 rings (SSSR count). The van der Waals surface area contributed by atoms with E-state index >= 15 is 0 Å². The molecule has 1 saturated heterocycles. The molecule has 2 heterocycles. The Balaban J connectivity index is 1.54. The quantitative estimate of drug-likeness (QED) is 0.577. The second kappa shape index (κ2) is 9.45. The smallest absolute Gasteiger partial charge is 0.237 e. The molecule has 0 saturated carbocycles. The van der Waals surface area contributed by atoms with Crippen molar-refractivity contribution in [2.45, 2.75) is 43.6 Å². The molecule has 1 unspecified atom stereocenters. The molecular formula is C23H27N5OS. The predicted octanol–water partition coefficient (Wildman–Crippen LogP) is 4.29. The van der Waals surface area contributed by atoms with Gasteiger partial charge in [0.25, 0.3) is 0 Å². The number of para-hydroxylation sites is 1. The first kappa shape index (κ1) is 20.6. The van der Waals surface area contributed by atoms with Gasteiger partial charge in [-0.15, -0.1) is 10.2 Å². The first-order valence-electron chi connectivity index (χ1n) is 10.4. The summed E-state index contributed by atoms with van der Waals surface area (Å²) in [7, 11) is 0. The first-order valence-corrected chi connectivity index (χ1v) is 11.2. The molecule has 0 bridgehead atoms. The van der Waals surface area contributed by atoms with E-state index < -0.39 is 0 Å². The van der Waals surface area contributed by atoms with Gasteiger partial charge >= 0.3 is 0 Å². The summed E-state index contributed by atoms with van der Waals surface area (Å²) < 4.78 is 2.08. The van der Waals surface area contributed by atoms with Crippen LogP contribution in [-0.2, 0) is 11.3 Å². The van der Waals surface area contributed by atoms with Crippen LogP contribution >= 0.6 is 11.8 Å². The van der Waals surface area contributed by atoms with Gasteiger partial charge in [-0.3, -0.25) is 14.3 Å². The molecule has 1 atom stereocenters. The van der Waals surface area contributed by atoms with E-state index in [1.165, 1.54) is 24.6 Å². The molecule has 0 radical (unpaired) electrons. The van der Waals surface area contributed by atoms with E-state index in [1.54, 1.807) is 0 Å². The van der Waals surface area contributed by atoms with Crippen molar-refractivity contribution in [3.63, 3.8) is 0 Å². The topological polar surface area (TPSA) is 63.1 Å². The lowest BCUT2D eigenvalue weighted by Crippen LogP contribution is -2.23. The van der Waals surface area contributed by atoms with E-state index in [1.807, 2.05) is 56.3 Å². The van der Waals surface area contributed by atoms with Gasteiger partial charge in [-0.1, -0.05) is 42.1 Å². The minimum absolute atomic E-state index is 0.0469. The minimum atomic E-state index is -0.309. The zero-order chi connectivity index (χ0) is 20.9. The highest BCUT2D eigenvalue weighted by Gasteiger charge is 2.23. The minimum Gasteiger partial charge on any atom is -0.325 e. The highest BCUT2D eigenvalue weighted by Crippen LogP contribution is 2.27. The molecule has 1 aromatic heterocycles. The number of thioether (sulfide) groups is 1. The van der Waals surface area contributed by atoms with Crippen LogP contribution in [0.1, 0.15) is 31.2 Å². The van der Waals surface area contributed by atoms with Crippen molar-refractivity contribution in [2.24, 2.45) is 0 Å². The third kappa shape index (κ3) is 4.91. The molecule has 1 fully saturated rings. The maximum absolute atomic E-state index is 12.8. The summed E-state index contributed by atoms with van der Waals surface area (Å²) in [6.07, 6.45) is 2.47. The Morgan fingerprint density at radius 2 is 1.87 bits per heavy atom. The number of benzene rings is 2. The van der Waals surface area contributed by atoms with E-state index in [0.717, 1.165) is 47.6 Å². The van der Waals surface area contributed by atoms with E-state index in [-0.39, 0.29) is 11.2 Å². The molecule has 1 amide bonds. The normalized spacial score (nSPS) is 15.3. The van der Waals surface area contributed by atoms with Crippen molar-refractivity contribution >= 4 is 23.4 Å². The third-order valence-corrected chi connectivity index (χ3v) is 6.26. The Morgan fingerprint density at radius 1 is 1.10 bits per heavy atom. The highest BCUT2D eigenvalue weighted by molar-refractivity contribution is 8.00. The maximum Gasteiger partial charge on any atom is 0.237 e. The van der Waals surface area contributed by atoms with Crippen LogP contribution in [0.4, 0.5) is 5.69 Å². The van der Waals surface area contributed by atoms with Gasteiger partial charge < -0.3 is 5.32 Å². The average Bonchev–Trinajstić information content (AvgIpc) is 3.39. The molecular weight excluding hydrogens is 394 g/mol. The molecule has 156 valence electrons. The second-order valence-electron chi connectivity index (χ2n) is 7.67. The molecule has 1 aliphatic heterocycles. The lowest BCUT2D eigenvalue weighted by Gasteiger charge is -2.17. The Hall–Kier alpha value is -2.64. The van der Waals surface area contributed by atoms with Gasteiger partial charge in [0.15, 0.2) is 11.0 Å². The lowest BCUT2D eigenvalue weighted by atomic mass is 10.2. The van der Waals surface area contributed by atoms with E-state index in [0.29, 0.717) is 0 Å². The summed E-state index contributed by atoms with van der Waals surface area (Å²) in [6.45, 7) is 6.88. The van der Waals surface area contributed by atoms with Crippen molar-refractivity contribution in [3.05, 3.63) is 66.0 Å². The molecule has 1 aliphatic rings. The van der Waals surface area contributed by atoms with Crippen molar-refractivity contribution in [1.82, 2.24) is 19.7 Å². The standard InChI is InChI=1S/C23H27N5OS/c1-17-9-8-10-19(15-17)24-22(29)18(2)30-23-26-25-21(16-27-13-6-7-14-27)28(23)20-11-4-3-5-12-20/h3-5,8-12,15,18H,6-7,13-14,16H2,1-2H3,(H,24,29). The number of rotatable bonds is 7. The number of anilines is 1. The van der Waals surface area contributed by atoms with Crippen LogP contribution in [0.15, 0.2) is 59.8 Å². The van der Waals surface area contributed by atoms with Gasteiger partial charge in [-0.25, -0.2) is 0 Å². The van der Waals surface area contributed by atoms with Crippen LogP contribution in [0, 0.1) is 6.92 Å². The number of nitrogens with one attached hydrogen (secondary N) is 1. The zero-order valence-electron chi connectivity index (χ0n) is 17.4. The van der Waals surface area contributed by atoms with Crippen molar-refractivity contribution < 1.29 is 4.79 Å². The average molecular weight is 422 g/mol. The number of likely N-dealkylation sites (tertiary alicyclic amines) is 1. The number of carbonyl (C=O) groups excluding carboxylic acids is 1. The summed E-state index contributed by atoms with van der Waals surface area (Å²) in [5.41, 5.74) is 2.95. The largest absolute Gasteiger partial charge is 0.325 e. The van der Waals surface area contributed by atoms with Crippen molar-refractivity contribution in [3.8, 4) is 5.69 Å². The Bertz CT molecular complexity index is 998. The zero-order valence-corrected chi connectivity index (χ0v) is 18.2. The Morgan fingerprint density at radius 3 is 2.60 bits per heavy atom. The van der Waals surface area contributed by atoms with Gasteiger partial charge in [0.1, 0.15) is 0 Å². The second-order valence-corrected chi connectivity index (χ2v) is 8.98. The first-order chi connectivity index (χ1) is 14.6. The number of aryl methyl sites for hydroxylation is 1. The van der Waals surface area contributed by atoms with Gasteiger partial charge in [-0.2, -0.15) is 0 Å². The highest BCUT2D eigenvalue weighted by atomic mass is 32.2.